The van der Waals surface area contributed by atoms with Crippen LogP contribution in [0.25, 0.3) is 0 Å². The second kappa shape index (κ2) is 8.18. The molecule has 8 nitrogen and oxygen atoms in total. The molecular weight excluding hydrogens is 298 g/mol. The molecule has 0 rings (SSSR count). The van der Waals surface area contributed by atoms with Gasteiger partial charge in [0.2, 0.25) is 10.0 Å². The summed E-state index contributed by atoms with van der Waals surface area (Å²) in [4.78, 5) is 22.6. The van der Waals surface area contributed by atoms with Crippen LogP contribution in [0.1, 0.15) is 27.2 Å². The normalized spacial score (nSPS) is 13.5. The molecule has 0 bridgehead atoms. The van der Waals surface area contributed by atoms with Gasteiger partial charge in [-0.2, -0.15) is 0 Å². The number of carbonyl (C=O) groups is 2. The molecule has 0 aromatic heterocycles. The zero-order chi connectivity index (χ0) is 16.7. The zero-order valence-electron chi connectivity index (χ0n) is 12.9. The fourth-order valence-corrected chi connectivity index (χ4v) is 2.15. The van der Waals surface area contributed by atoms with Crippen molar-refractivity contribution in [3.8, 4) is 0 Å². The van der Waals surface area contributed by atoms with Gasteiger partial charge >= 0.3 is 12.0 Å². The summed E-state index contributed by atoms with van der Waals surface area (Å²) in [5.74, 6) is -1.62. The number of amides is 2. The summed E-state index contributed by atoms with van der Waals surface area (Å²) in [6.07, 6.45) is 1.47. The summed E-state index contributed by atoms with van der Waals surface area (Å²) >= 11 is 0. The molecule has 21 heavy (non-hydrogen) atoms. The van der Waals surface area contributed by atoms with Crippen LogP contribution in [-0.4, -0.2) is 51.4 Å². The molecular formula is C12H25N3O5S. The molecule has 0 heterocycles. The van der Waals surface area contributed by atoms with E-state index in [9.17, 15) is 18.0 Å². The Hall–Kier alpha value is -1.35. The molecule has 124 valence electrons. The fourth-order valence-electron chi connectivity index (χ4n) is 1.68. The van der Waals surface area contributed by atoms with E-state index in [1.807, 2.05) is 20.8 Å². The second-order valence-corrected chi connectivity index (χ2v) is 7.94. The summed E-state index contributed by atoms with van der Waals surface area (Å²) in [7, 11) is -3.28. The third-order valence-corrected chi connectivity index (χ3v) is 3.22. The smallest absolute Gasteiger partial charge is 0.314 e. The van der Waals surface area contributed by atoms with E-state index in [-0.39, 0.29) is 25.0 Å². The van der Waals surface area contributed by atoms with E-state index in [4.69, 9.17) is 5.11 Å². The lowest BCUT2D eigenvalue weighted by atomic mass is 9.84. The van der Waals surface area contributed by atoms with E-state index in [1.165, 1.54) is 0 Å². The van der Waals surface area contributed by atoms with Crippen molar-refractivity contribution < 1.29 is 23.1 Å². The maximum atomic E-state index is 11.5. The molecule has 4 N–H and O–H groups in total. The van der Waals surface area contributed by atoms with Gasteiger partial charge in [0.05, 0.1) is 12.2 Å². The van der Waals surface area contributed by atoms with E-state index >= 15 is 0 Å². The van der Waals surface area contributed by atoms with Crippen molar-refractivity contribution in [1.29, 1.82) is 0 Å². The molecule has 0 aromatic rings. The fraction of sp³-hybridized carbons (Fsp3) is 0.833. The van der Waals surface area contributed by atoms with Crippen molar-refractivity contribution >= 4 is 22.0 Å². The van der Waals surface area contributed by atoms with Gasteiger partial charge in [-0.3, -0.25) is 4.79 Å². The van der Waals surface area contributed by atoms with Gasteiger partial charge in [-0.15, -0.1) is 0 Å². The molecule has 0 aliphatic carbocycles. The lowest BCUT2D eigenvalue weighted by Crippen LogP contribution is -2.43. The van der Waals surface area contributed by atoms with Crippen LogP contribution in [0.4, 0.5) is 4.79 Å². The molecule has 0 aromatic carbocycles. The predicted molar refractivity (Wildman–Crippen MR) is 79.4 cm³/mol. The minimum absolute atomic E-state index is 0.0257. The van der Waals surface area contributed by atoms with Gasteiger partial charge in [-0.25, -0.2) is 17.9 Å². The van der Waals surface area contributed by atoms with E-state index in [2.05, 4.69) is 15.4 Å². The summed E-state index contributed by atoms with van der Waals surface area (Å²) in [6, 6.07) is -0.523. The molecule has 1 unspecified atom stereocenters. The number of carboxylic acids is 1. The number of hydrogen-bond donors (Lipinski definition) is 4. The highest BCUT2D eigenvalue weighted by atomic mass is 32.2. The Balaban J connectivity index is 4.06. The first kappa shape index (κ1) is 19.7. The number of rotatable bonds is 8. The number of hydrogen-bond acceptors (Lipinski definition) is 4. The van der Waals surface area contributed by atoms with E-state index in [1.54, 1.807) is 0 Å². The zero-order valence-corrected chi connectivity index (χ0v) is 13.7. The van der Waals surface area contributed by atoms with Gasteiger partial charge in [-0.05, 0) is 11.8 Å². The molecule has 0 saturated heterocycles. The highest BCUT2D eigenvalue weighted by Gasteiger charge is 2.24. The average Bonchev–Trinajstić information content (AvgIpc) is 2.27. The van der Waals surface area contributed by atoms with Crippen LogP contribution < -0.4 is 15.4 Å². The Morgan fingerprint density at radius 2 is 1.71 bits per heavy atom. The number of nitrogens with one attached hydrogen (secondary N) is 3. The van der Waals surface area contributed by atoms with Crippen molar-refractivity contribution in [3.63, 3.8) is 0 Å². The van der Waals surface area contributed by atoms with Gasteiger partial charge < -0.3 is 15.7 Å². The van der Waals surface area contributed by atoms with Crippen molar-refractivity contribution in [3.05, 3.63) is 0 Å². The van der Waals surface area contributed by atoms with Crippen LogP contribution in [0.5, 0.6) is 0 Å². The first-order chi connectivity index (χ1) is 9.41. The SMILES string of the molecule is CC(C)(C)CC(CNC(=O)NCCNS(C)(=O)=O)C(=O)O. The van der Waals surface area contributed by atoms with Crippen LogP contribution in [0.3, 0.4) is 0 Å². The average molecular weight is 323 g/mol. The van der Waals surface area contributed by atoms with Gasteiger partial charge in [0.1, 0.15) is 0 Å². The lowest BCUT2D eigenvalue weighted by Gasteiger charge is -2.23. The van der Waals surface area contributed by atoms with Gasteiger partial charge in [0, 0.05) is 19.6 Å². The maximum absolute atomic E-state index is 11.5. The van der Waals surface area contributed by atoms with E-state index < -0.39 is 27.9 Å². The molecule has 9 heteroatoms. The first-order valence-corrected chi connectivity index (χ1v) is 8.49. The molecule has 0 radical (unpaired) electrons. The molecule has 0 aliphatic heterocycles. The molecule has 0 spiro atoms. The van der Waals surface area contributed by atoms with Gasteiger partial charge in [0.15, 0.2) is 0 Å². The number of carboxylic acid groups (broad SMARTS) is 1. The Labute approximate surface area is 125 Å². The molecule has 0 aliphatic rings. The van der Waals surface area contributed by atoms with Gasteiger partial charge in [-0.1, -0.05) is 20.8 Å². The highest BCUT2D eigenvalue weighted by molar-refractivity contribution is 7.88. The van der Waals surface area contributed by atoms with Crippen LogP contribution >= 0.6 is 0 Å². The van der Waals surface area contributed by atoms with E-state index in [0.717, 1.165) is 6.26 Å². The molecule has 1 atom stereocenters. The molecule has 0 saturated carbocycles. The summed E-state index contributed by atoms with van der Waals surface area (Å²) in [6.45, 7) is 6.02. The topological polar surface area (TPSA) is 125 Å². The summed E-state index contributed by atoms with van der Waals surface area (Å²) in [5.41, 5.74) is -0.152. The monoisotopic (exact) mass is 323 g/mol. The quantitative estimate of drug-likeness (QED) is 0.467. The van der Waals surface area contributed by atoms with Crippen molar-refractivity contribution in [2.24, 2.45) is 11.3 Å². The lowest BCUT2D eigenvalue weighted by molar-refractivity contribution is -0.142. The Morgan fingerprint density at radius 1 is 1.14 bits per heavy atom. The van der Waals surface area contributed by atoms with Crippen molar-refractivity contribution in [2.45, 2.75) is 27.2 Å². The van der Waals surface area contributed by atoms with Crippen molar-refractivity contribution in [2.75, 3.05) is 25.9 Å². The van der Waals surface area contributed by atoms with Crippen molar-refractivity contribution in [1.82, 2.24) is 15.4 Å². The van der Waals surface area contributed by atoms with Crippen LogP contribution in [0.2, 0.25) is 0 Å². The summed E-state index contributed by atoms with van der Waals surface area (Å²) < 4.78 is 23.8. The number of urea groups is 1. The third-order valence-electron chi connectivity index (χ3n) is 2.49. The predicted octanol–water partition coefficient (Wildman–Crippen LogP) is -0.0282. The molecule has 2 amide bonds. The largest absolute Gasteiger partial charge is 0.481 e. The number of aliphatic carboxylic acids is 1. The minimum Gasteiger partial charge on any atom is -0.481 e. The number of sulfonamides is 1. The third kappa shape index (κ3) is 12.1. The van der Waals surface area contributed by atoms with Gasteiger partial charge in [0.25, 0.3) is 0 Å². The Bertz CT molecular complexity index is 456. The second-order valence-electron chi connectivity index (χ2n) is 6.10. The van der Waals surface area contributed by atoms with Crippen LogP contribution in [0.15, 0.2) is 0 Å². The molecule has 0 fully saturated rings. The van der Waals surface area contributed by atoms with Crippen LogP contribution in [0, 0.1) is 11.3 Å². The first-order valence-electron chi connectivity index (χ1n) is 6.60. The maximum Gasteiger partial charge on any atom is 0.314 e. The Morgan fingerprint density at radius 3 is 2.14 bits per heavy atom. The van der Waals surface area contributed by atoms with Crippen LogP contribution in [-0.2, 0) is 14.8 Å². The van der Waals surface area contributed by atoms with E-state index in [0.29, 0.717) is 6.42 Å². The summed E-state index contributed by atoms with van der Waals surface area (Å²) in [5, 5.41) is 14.0. The minimum atomic E-state index is -3.28. The number of carbonyl (C=O) groups excluding carboxylic acids is 1. The highest BCUT2D eigenvalue weighted by Crippen LogP contribution is 2.24. The standard InChI is InChI=1S/C12H25N3O5S/c1-12(2,3)7-9(10(16)17)8-14-11(18)13-5-6-15-21(4,19)20/h9,15H,5-8H2,1-4H3,(H,16,17)(H2,13,14,18). The Kier molecular flexibility index (Phi) is 7.65.